The molecule has 59 heavy (non-hydrogen) atoms. The fourth-order valence-corrected chi connectivity index (χ4v) is 6.34. The summed E-state index contributed by atoms with van der Waals surface area (Å²) in [6.07, 6.45) is 60.1. The van der Waals surface area contributed by atoms with Gasteiger partial charge in [-0.3, -0.25) is 14.4 Å². The van der Waals surface area contributed by atoms with E-state index in [0.29, 0.717) is 25.7 Å². The summed E-state index contributed by atoms with van der Waals surface area (Å²) in [5, 5.41) is 0. The zero-order valence-corrected chi connectivity index (χ0v) is 38.2. The van der Waals surface area contributed by atoms with E-state index in [1.54, 1.807) is 0 Å². The molecule has 0 spiro atoms. The maximum absolute atomic E-state index is 12.7. The van der Waals surface area contributed by atoms with Crippen LogP contribution in [0, 0.1) is 0 Å². The zero-order chi connectivity index (χ0) is 43.0. The van der Waals surface area contributed by atoms with Crippen LogP contribution in [0.4, 0.5) is 0 Å². The minimum Gasteiger partial charge on any atom is -0.462 e. The van der Waals surface area contributed by atoms with E-state index in [-0.39, 0.29) is 31.1 Å². The summed E-state index contributed by atoms with van der Waals surface area (Å²) in [4.78, 5) is 37.8. The highest BCUT2D eigenvalue weighted by Gasteiger charge is 2.19. The Kier molecular flexibility index (Phi) is 44.5. The highest BCUT2D eigenvalue weighted by Crippen LogP contribution is 2.14. The number of carbonyl (C=O) groups excluding carboxylic acids is 3. The molecule has 0 rings (SSSR count). The van der Waals surface area contributed by atoms with E-state index in [2.05, 4.69) is 106 Å². The first-order valence-electron chi connectivity index (χ1n) is 24.1. The summed E-state index contributed by atoms with van der Waals surface area (Å²) in [6.45, 7) is 6.30. The van der Waals surface area contributed by atoms with Gasteiger partial charge in [-0.2, -0.15) is 0 Å². The molecule has 0 amide bonds. The predicted octanol–water partition coefficient (Wildman–Crippen LogP) is 15.6. The number of hydrogen-bond acceptors (Lipinski definition) is 6. The topological polar surface area (TPSA) is 78.9 Å². The van der Waals surface area contributed by atoms with E-state index < -0.39 is 6.10 Å². The monoisotopic (exact) mass is 821 g/mol. The van der Waals surface area contributed by atoms with Crippen molar-refractivity contribution in [1.29, 1.82) is 0 Å². The molecule has 0 saturated heterocycles. The lowest BCUT2D eigenvalue weighted by atomic mass is 10.1. The fourth-order valence-electron chi connectivity index (χ4n) is 6.34. The van der Waals surface area contributed by atoms with E-state index in [9.17, 15) is 14.4 Å². The number of ether oxygens (including phenoxy) is 3. The second-order valence-corrected chi connectivity index (χ2v) is 15.7. The van der Waals surface area contributed by atoms with Gasteiger partial charge in [0.15, 0.2) is 6.10 Å². The molecule has 0 N–H and O–H groups in total. The van der Waals surface area contributed by atoms with Crippen LogP contribution in [0.1, 0.15) is 213 Å². The molecule has 6 nitrogen and oxygen atoms in total. The summed E-state index contributed by atoms with van der Waals surface area (Å²) < 4.78 is 16.7. The van der Waals surface area contributed by atoms with Crippen LogP contribution < -0.4 is 0 Å². The molecule has 0 aliphatic heterocycles. The largest absolute Gasteiger partial charge is 0.462 e. The summed E-state index contributed by atoms with van der Waals surface area (Å²) in [7, 11) is 0. The number of allylic oxidation sites excluding steroid dienone is 14. The molecular weight excluding hydrogens is 733 g/mol. The molecule has 0 aromatic heterocycles. The lowest BCUT2D eigenvalue weighted by Gasteiger charge is -2.18. The van der Waals surface area contributed by atoms with Gasteiger partial charge in [0.2, 0.25) is 0 Å². The summed E-state index contributed by atoms with van der Waals surface area (Å²) in [6, 6.07) is 0. The highest BCUT2D eigenvalue weighted by atomic mass is 16.6. The molecule has 336 valence electrons. The summed E-state index contributed by atoms with van der Waals surface area (Å²) >= 11 is 0. The van der Waals surface area contributed by atoms with E-state index in [1.807, 2.05) is 0 Å². The first-order chi connectivity index (χ1) is 29.0. The van der Waals surface area contributed by atoms with Crippen LogP contribution in [0.2, 0.25) is 0 Å². The lowest BCUT2D eigenvalue weighted by Crippen LogP contribution is -2.30. The van der Waals surface area contributed by atoms with Gasteiger partial charge in [-0.25, -0.2) is 0 Å². The van der Waals surface area contributed by atoms with Crippen molar-refractivity contribution in [1.82, 2.24) is 0 Å². The van der Waals surface area contributed by atoms with Gasteiger partial charge in [-0.15, -0.1) is 0 Å². The van der Waals surface area contributed by atoms with Gasteiger partial charge in [0.1, 0.15) is 13.2 Å². The SMILES string of the molecule is CC\C=C/C=C\C=C/CCCCCCCC(=O)OC(COC(=O)CCC/C=C\CCCCCC)COC(=O)CCCCCCCCCCC/C=C\C/C=C\C/C=C\CC. The van der Waals surface area contributed by atoms with Gasteiger partial charge in [0.25, 0.3) is 0 Å². The lowest BCUT2D eigenvalue weighted by molar-refractivity contribution is -0.167. The molecule has 0 aliphatic carbocycles. The van der Waals surface area contributed by atoms with Gasteiger partial charge in [-0.05, 0) is 89.9 Å². The molecule has 0 aromatic carbocycles. The Bertz CT molecular complexity index is 1170. The van der Waals surface area contributed by atoms with E-state index in [4.69, 9.17) is 14.2 Å². The smallest absolute Gasteiger partial charge is 0.306 e. The van der Waals surface area contributed by atoms with Crippen LogP contribution in [0.3, 0.4) is 0 Å². The maximum Gasteiger partial charge on any atom is 0.306 e. The summed E-state index contributed by atoms with van der Waals surface area (Å²) in [5.74, 6) is -0.966. The van der Waals surface area contributed by atoms with Gasteiger partial charge < -0.3 is 14.2 Å². The first kappa shape index (κ1) is 55.6. The van der Waals surface area contributed by atoms with Crippen LogP contribution >= 0.6 is 0 Å². The zero-order valence-electron chi connectivity index (χ0n) is 38.2. The van der Waals surface area contributed by atoms with E-state index >= 15 is 0 Å². The predicted molar refractivity (Wildman–Crippen MR) is 251 cm³/mol. The standard InChI is InChI=1S/C53H88O6/c1-4-7-10-13-16-19-21-23-24-25-26-27-28-30-31-34-37-40-43-46-52(55)58-49-50(48-57-51(54)45-42-39-36-33-18-15-12-9-6-3)59-53(56)47-44-41-38-35-32-29-22-20-17-14-11-8-5-2/h7-8,10-11,14,16-17,19-20,22-24,33,36,50H,4-6,9,12-13,15,18,21,25-32,34-35,37-49H2,1-3H3/b10-7-,11-8-,17-14-,19-16-,22-20-,24-23-,36-33-. The Morgan fingerprint density at radius 2 is 0.763 bits per heavy atom. The molecule has 0 heterocycles. The number of carbonyl (C=O) groups is 3. The Balaban J connectivity index is 4.36. The maximum atomic E-state index is 12.7. The van der Waals surface area contributed by atoms with Crippen molar-refractivity contribution in [2.45, 2.75) is 219 Å². The van der Waals surface area contributed by atoms with Crippen molar-refractivity contribution in [3.8, 4) is 0 Å². The minimum absolute atomic E-state index is 0.0972. The average Bonchev–Trinajstić information content (AvgIpc) is 3.23. The van der Waals surface area contributed by atoms with Crippen molar-refractivity contribution in [2.75, 3.05) is 13.2 Å². The molecule has 0 radical (unpaired) electrons. The normalized spacial score (nSPS) is 12.8. The fraction of sp³-hybridized carbons (Fsp3) is 0.679. The molecule has 0 bridgehead atoms. The first-order valence-corrected chi connectivity index (χ1v) is 24.1. The number of esters is 3. The second kappa shape index (κ2) is 47.3. The average molecular weight is 821 g/mol. The molecular formula is C53H88O6. The molecule has 1 atom stereocenters. The quantitative estimate of drug-likeness (QED) is 0.0201. The van der Waals surface area contributed by atoms with Crippen molar-refractivity contribution >= 4 is 17.9 Å². The van der Waals surface area contributed by atoms with Crippen molar-refractivity contribution in [3.05, 3.63) is 85.1 Å². The minimum atomic E-state index is -0.798. The van der Waals surface area contributed by atoms with Gasteiger partial charge in [-0.1, -0.05) is 189 Å². The third kappa shape index (κ3) is 45.5. The Morgan fingerprint density at radius 1 is 0.373 bits per heavy atom. The van der Waals surface area contributed by atoms with Crippen LogP contribution in [0.15, 0.2) is 85.1 Å². The molecule has 0 fully saturated rings. The summed E-state index contributed by atoms with van der Waals surface area (Å²) in [5.41, 5.74) is 0. The van der Waals surface area contributed by atoms with Crippen LogP contribution in [-0.2, 0) is 28.6 Å². The molecule has 0 aliphatic rings. The van der Waals surface area contributed by atoms with Crippen LogP contribution in [-0.4, -0.2) is 37.2 Å². The highest BCUT2D eigenvalue weighted by molar-refractivity contribution is 5.71. The Labute approximate surface area is 363 Å². The van der Waals surface area contributed by atoms with E-state index in [0.717, 1.165) is 96.3 Å². The van der Waals surface area contributed by atoms with Crippen molar-refractivity contribution in [2.24, 2.45) is 0 Å². The molecule has 0 saturated carbocycles. The van der Waals surface area contributed by atoms with E-state index in [1.165, 1.54) is 70.6 Å². The van der Waals surface area contributed by atoms with Gasteiger partial charge >= 0.3 is 17.9 Å². The number of unbranched alkanes of at least 4 members (excludes halogenated alkanes) is 19. The molecule has 6 heteroatoms. The van der Waals surface area contributed by atoms with Crippen molar-refractivity contribution < 1.29 is 28.6 Å². The number of hydrogen-bond donors (Lipinski definition) is 0. The number of rotatable bonds is 42. The Morgan fingerprint density at radius 3 is 1.31 bits per heavy atom. The van der Waals surface area contributed by atoms with Crippen molar-refractivity contribution in [3.63, 3.8) is 0 Å². The molecule has 0 aromatic rings. The third-order valence-electron chi connectivity index (χ3n) is 9.93. The van der Waals surface area contributed by atoms with Crippen LogP contribution in [0.5, 0.6) is 0 Å². The third-order valence-corrected chi connectivity index (χ3v) is 9.93. The van der Waals surface area contributed by atoms with Gasteiger partial charge in [0.05, 0.1) is 0 Å². The van der Waals surface area contributed by atoms with Crippen LogP contribution in [0.25, 0.3) is 0 Å². The Hall–Kier alpha value is -3.41. The second-order valence-electron chi connectivity index (χ2n) is 15.7. The molecule has 1 unspecified atom stereocenters. The van der Waals surface area contributed by atoms with Gasteiger partial charge in [0, 0.05) is 19.3 Å².